The van der Waals surface area contributed by atoms with Gasteiger partial charge >= 0.3 is 0 Å². The van der Waals surface area contributed by atoms with E-state index >= 15 is 0 Å². The highest BCUT2D eigenvalue weighted by atomic mass is 16.5. The molecule has 1 saturated heterocycles. The molecule has 2 heterocycles. The highest BCUT2D eigenvalue weighted by Crippen LogP contribution is 2.30. The molecule has 7 heteroatoms. The van der Waals surface area contributed by atoms with E-state index in [2.05, 4.69) is 22.8 Å². The average Bonchev–Trinajstić information content (AvgIpc) is 2.89. The molecule has 2 aliphatic heterocycles. The van der Waals surface area contributed by atoms with E-state index < -0.39 is 6.10 Å². The second kappa shape index (κ2) is 10.6. The van der Waals surface area contributed by atoms with Crippen LogP contribution in [0.25, 0.3) is 10.8 Å². The van der Waals surface area contributed by atoms with Crippen LogP contribution >= 0.6 is 0 Å². The molecule has 1 atom stereocenters. The zero-order valence-electron chi connectivity index (χ0n) is 21.9. The van der Waals surface area contributed by atoms with Gasteiger partial charge in [0.15, 0.2) is 0 Å². The molecule has 0 bridgehead atoms. The Hall–Kier alpha value is -3.26. The molecule has 2 aliphatic rings. The Labute approximate surface area is 218 Å². The van der Waals surface area contributed by atoms with Crippen molar-refractivity contribution in [2.75, 3.05) is 52.4 Å². The molecule has 7 nitrogen and oxygen atoms in total. The average molecular weight is 502 g/mol. The van der Waals surface area contributed by atoms with E-state index in [1.54, 1.807) is 0 Å². The maximum Gasteiger partial charge on any atom is 0.261 e. The lowest BCUT2D eigenvalue weighted by Crippen LogP contribution is -2.51. The van der Waals surface area contributed by atoms with Crippen LogP contribution in [0.15, 0.2) is 48.5 Å². The molecule has 1 N–H and O–H groups in total. The van der Waals surface area contributed by atoms with E-state index in [1.165, 1.54) is 10.5 Å². The van der Waals surface area contributed by atoms with E-state index in [1.807, 2.05) is 56.3 Å². The number of rotatable bonds is 8. The van der Waals surface area contributed by atoms with E-state index in [0.717, 1.165) is 53.8 Å². The zero-order valence-corrected chi connectivity index (χ0v) is 21.9. The summed E-state index contributed by atoms with van der Waals surface area (Å²) in [5.74, 6) is 0.409. The zero-order chi connectivity index (χ0) is 26.1. The number of carbonyl (C=O) groups is 2. The highest BCUT2D eigenvalue weighted by Gasteiger charge is 2.33. The molecule has 0 aliphatic carbocycles. The number of ether oxygens (including phenoxy) is 1. The van der Waals surface area contributed by atoms with Crippen molar-refractivity contribution in [1.82, 2.24) is 14.7 Å². The van der Waals surface area contributed by atoms with E-state index in [9.17, 15) is 14.7 Å². The van der Waals surface area contributed by atoms with Crippen LogP contribution in [0.5, 0.6) is 5.75 Å². The van der Waals surface area contributed by atoms with Gasteiger partial charge in [-0.3, -0.25) is 24.3 Å². The quantitative estimate of drug-likeness (QED) is 0.477. The van der Waals surface area contributed by atoms with Crippen molar-refractivity contribution >= 4 is 22.6 Å². The Bertz CT molecular complexity index is 1280. The number of aliphatic hydroxyl groups is 1. The number of aryl methyl sites for hydroxylation is 2. The molecule has 1 fully saturated rings. The van der Waals surface area contributed by atoms with Crippen LogP contribution < -0.4 is 4.74 Å². The number of hydrogen-bond acceptors (Lipinski definition) is 6. The minimum absolute atomic E-state index is 0.213. The standard InChI is InChI=1S/C30H35N3O4/c1-20-16-21(2)22(3)27(17-20)37-19-24(34)18-32-12-10-31(11-13-32)14-15-33-29(35)25-8-4-6-23-7-5-9-26(28(23)25)30(33)36/h4-9,16-17,24,34H,10-15,18-19H2,1-3H3. The number of β-amino-alcohol motifs (C(OH)–C–C–N with tert-alkyl or cyclic N) is 1. The number of amides is 2. The normalized spacial score (nSPS) is 17.5. The van der Waals surface area contributed by atoms with Crippen LogP contribution in [0.4, 0.5) is 0 Å². The molecule has 0 radical (unpaired) electrons. The molecule has 0 aromatic heterocycles. The summed E-state index contributed by atoms with van der Waals surface area (Å²) in [6.45, 7) is 11.3. The molecule has 3 aromatic carbocycles. The Morgan fingerprint density at radius 2 is 1.49 bits per heavy atom. The third-order valence-electron chi connectivity index (χ3n) is 7.62. The van der Waals surface area contributed by atoms with Crippen molar-refractivity contribution in [2.24, 2.45) is 0 Å². The van der Waals surface area contributed by atoms with E-state index in [-0.39, 0.29) is 18.4 Å². The first-order valence-corrected chi connectivity index (χ1v) is 13.0. The number of imide groups is 1. The summed E-state index contributed by atoms with van der Waals surface area (Å²) in [6.07, 6.45) is -0.571. The van der Waals surface area contributed by atoms with Crippen LogP contribution in [0, 0.1) is 20.8 Å². The Kier molecular flexibility index (Phi) is 7.29. The molecule has 0 saturated carbocycles. The number of nitrogens with zero attached hydrogens (tertiary/aromatic N) is 3. The van der Waals surface area contributed by atoms with Gasteiger partial charge in [0.2, 0.25) is 0 Å². The summed E-state index contributed by atoms with van der Waals surface area (Å²) >= 11 is 0. The second-order valence-electron chi connectivity index (χ2n) is 10.3. The summed E-state index contributed by atoms with van der Waals surface area (Å²) in [6, 6.07) is 15.4. The molecular formula is C30H35N3O4. The monoisotopic (exact) mass is 501 g/mol. The number of hydrogen-bond donors (Lipinski definition) is 1. The highest BCUT2D eigenvalue weighted by molar-refractivity contribution is 6.25. The largest absolute Gasteiger partial charge is 0.491 e. The van der Waals surface area contributed by atoms with Crippen molar-refractivity contribution in [2.45, 2.75) is 26.9 Å². The van der Waals surface area contributed by atoms with Gasteiger partial charge in [0.25, 0.3) is 11.8 Å². The first-order valence-electron chi connectivity index (χ1n) is 13.0. The molecular weight excluding hydrogens is 466 g/mol. The van der Waals surface area contributed by atoms with Crippen molar-refractivity contribution < 1.29 is 19.4 Å². The SMILES string of the molecule is Cc1cc(C)c(C)c(OCC(O)CN2CCN(CCN3C(=O)c4cccc5cccc(c45)C3=O)CC2)c1. The van der Waals surface area contributed by atoms with Crippen LogP contribution in [0.3, 0.4) is 0 Å². The first-order chi connectivity index (χ1) is 17.8. The number of benzene rings is 3. The third kappa shape index (κ3) is 5.25. The maximum atomic E-state index is 13.1. The van der Waals surface area contributed by atoms with Crippen molar-refractivity contribution in [3.63, 3.8) is 0 Å². The first kappa shape index (κ1) is 25.4. The Balaban J connectivity index is 1.10. The van der Waals surface area contributed by atoms with Crippen LogP contribution in [-0.2, 0) is 0 Å². The minimum Gasteiger partial charge on any atom is -0.491 e. The number of aliphatic hydroxyl groups excluding tert-OH is 1. The lowest BCUT2D eigenvalue weighted by atomic mass is 9.94. The third-order valence-corrected chi connectivity index (χ3v) is 7.62. The Morgan fingerprint density at radius 1 is 0.865 bits per heavy atom. The van der Waals surface area contributed by atoms with Crippen molar-refractivity contribution in [1.29, 1.82) is 0 Å². The second-order valence-corrected chi connectivity index (χ2v) is 10.3. The summed E-state index contributed by atoms with van der Waals surface area (Å²) < 4.78 is 5.94. The van der Waals surface area contributed by atoms with Gasteiger partial charge in [0.05, 0.1) is 0 Å². The van der Waals surface area contributed by atoms with Crippen LogP contribution in [-0.4, -0.2) is 90.1 Å². The summed E-state index contributed by atoms with van der Waals surface area (Å²) in [5.41, 5.74) is 4.65. The topological polar surface area (TPSA) is 73.3 Å². The fraction of sp³-hybridized carbons (Fsp3) is 0.400. The number of carbonyl (C=O) groups excluding carboxylic acids is 2. The predicted molar refractivity (Wildman–Crippen MR) is 144 cm³/mol. The van der Waals surface area contributed by atoms with Gasteiger partial charge in [0.1, 0.15) is 18.5 Å². The fourth-order valence-corrected chi connectivity index (χ4v) is 5.41. The fourth-order valence-electron chi connectivity index (χ4n) is 5.41. The van der Waals surface area contributed by atoms with Gasteiger partial charge in [-0.1, -0.05) is 30.3 Å². The molecule has 37 heavy (non-hydrogen) atoms. The van der Waals surface area contributed by atoms with Gasteiger partial charge in [-0.15, -0.1) is 0 Å². The van der Waals surface area contributed by atoms with Crippen LogP contribution in [0.2, 0.25) is 0 Å². The van der Waals surface area contributed by atoms with E-state index in [0.29, 0.717) is 30.8 Å². The minimum atomic E-state index is -0.571. The van der Waals surface area contributed by atoms with Gasteiger partial charge in [-0.25, -0.2) is 0 Å². The lowest BCUT2D eigenvalue weighted by Gasteiger charge is -2.36. The van der Waals surface area contributed by atoms with Crippen molar-refractivity contribution in [3.05, 3.63) is 76.3 Å². The van der Waals surface area contributed by atoms with Gasteiger partial charge in [0, 0.05) is 62.3 Å². The van der Waals surface area contributed by atoms with E-state index in [4.69, 9.17) is 4.74 Å². The Morgan fingerprint density at radius 3 is 2.14 bits per heavy atom. The number of piperazine rings is 1. The maximum absolute atomic E-state index is 13.1. The summed E-state index contributed by atoms with van der Waals surface area (Å²) in [5, 5.41) is 12.3. The molecule has 2 amide bonds. The molecule has 194 valence electrons. The van der Waals surface area contributed by atoms with Crippen LogP contribution in [0.1, 0.15) is 37.4 Å². The summed E-state index contributed by atoms with van der Waals surface area (Å²) in [7, 11) is 0. The molecule has 1 unspecified atom stereocenters. The summed E-state index contributed by atoms with van der Waals surface area (Å²) in [4.78, 5) is 32.2. The molecule has 5 rings (SSSR count). The predicted octanol–water partition coefficient (Wildman–Crippen LogP) is 3.42. The molecule has 0 spiro atoms. The smallest absolute Gasteiger partial charge is 0.261 e. The molecule has 3 aromatic rings. The van der Waals surface area contributed by atoms with Gasteiger partial charge < -0.3 is 9.84 Å². The lowest BCUT2D eigenvalue weighted by molar-refractivity contribution is 0.0415. The van der Waals surface area contributed by atoms with Crippen molar-refractivity contribution in [3.8, 4) is 5.75 Å². The van der Waals surface area contributed by atoms with Gasteiger partial charge in [-0.05, 0) is 61.0 Å². The van der Waals surface area contributed by atoms with Gasteiger partial charge in [-0.2, -0.15) is 0 Å².